The quantitative estimate of drug-likeness (QED) is 0.390. The third-order valence-electron chi connectivity index (χ3n) is 3.41. The van der Waals surface area contributed by atoms with Crippen molar-refractivity contribution in [2.45, 2.75) is 4.83 Å². The summed E-state index contributed by atoms with van der Waals surface area (Å²) >= 11 is 13.4. The van der Waals surface area contributed by atoms with Crippen molar-refractivity contribution < 1.29 is 4.39 Å². The Balaban J connectivity index is 2.18. The van der Waals surface area contributed by atoms with E-state index in [2.05, 4.69) is 44.0 Å². The number of fused-ring (bicyclic) bond motifs is 1. The van der Waals surface area contributed by atoms with Crippen LogP contribution < -0.4 is 0 Å². The minimum Gasteiger partial charge on any atom is -0.207 e. The minimum atomic E-state index is -0.330. The van der Waals surface area contributed by atoms with Crippen LogP contribution in [0.25, 0.3) is 10.8 Å². The maximum Gasteiger partial charge on any atom is 0.124 e. The van der Waals surface area contributed by atoms with Gasteiger partial charge in [0.15, 0.2) is 0 Å². The van der Waals surface area contributed by atoms with Gasteiger partial charge in [0, 0.05) is 9.50 Å². The van der Waals surface area contributed by atoms with E-state index in [0.717, 1.165) is 26.4 Å². The molecule has 0 fully saturated rings. The smallest absolute Gasteiger partial charge is 0.124 e. The Labute approximate surface area is 144 Å². The summed E-state index contributed by atoms with van der Waals surface area (Å²) in [5.74, 6) is -0.330. The molecule has 3 aromatic carbocycles. The van der Waals surface area contributed by atoms with Crippen LogP contribution in [0.15, 0.2) is 59.1 Å². The maximum atomic E-state index is 13.2. The Morgan fingerprint density at radius 1 is 0.905 bits per heavy atom. The monoisotopic (exact) mass is 426 g/mol. The van der Waals surface area contributed by atoms with Gasteiger partial charge in [-0.05, 0) is 40.1 Å². The molecule has 3 aromatic rings. The van der Waals surface area contributed by atoms with Crippen LogP contribution in [0, 0.1) is 5.82 Å². The first kappa shape index (κ1) is 15.0. The summed E-state index contributed by atoms with van der Waals surface area (Å²) in [6.07, 6.45) is 0. The second-order valence-corrected chi connectivity index (χ2v) is 6.89. The molecule has 4 heteroatoms. The molecule has 0 aliphatic heterocycles. The molecule has 21 heavy (non-hydrogen) atoms. The zero-order chi connectivity index (χ0) is 15.0. The van der Waals surface area contributed by atoms with Crippen molar-refractivity contribution in [3.05, 3.63) is 81.0 Å². The van der Waals surface area contributed by atoms with E-state index in [1.54, 1.807) is 6.07 Å². The molecule has 0 amide bonds. The first-order chi connectivity index (χ1) is 10.1. The molecular formula is C17H10Br2ClF. The molecule has 1 atom stereocenters. The fourth-order valence-corrected chi connectivity index (χ4v) is 4.07. The SMILES string of the molecule is Fc1ccc(C(Br)c2ccc(Br)c3ccccc23)c(Cl)c1. The van der Waals surface area contributed by atoms with E-state index in [1.165, 1.54) is 12.1 Å². The molecule has 0 bridgehead atoms. The van der Waals surface area contributed by atoms with Gasteiger partial charge in [-0.2, -0.15) is 0 Å². The lowest BCUT2D eigenvalue weighted by molar-refractivity contribution is 0.627. The zero-order valence-corrected chi connectivity index (χ0v) is 14.7. The molecule has 3 rings (SSSR count). The molecular weight excluding hydrogens is 418 g/mol. The van der Waals surface area contributed by atoms with E-state index in [0.29, 0.717) is 5.02 Å². The molecule has 0 saturated heterocycles. The van der Waals surface area contributed by atoms with Crippen LogP contribution >= 0.6 is 43.5 Å². The van der Waals surface area contributed by atoms with Crippen LogP contribution in [0.2, 0.25) is 5.02 Å². The van der Waals surface area contributed by atoms with Gasteiger partial charge >= 0.3 is 0 Å². The van der Waals surface area contributed by atoms with Crippen molar-refractivity contribution in [2.75, 3.05) is 0 Å². The third kappa shape index (κ3) is 2.87. The predicted molar refractivity (Wildman–Crippen MR) is 93.8 cm³/mol. The van der Waals surface area contributed by atoms with Gasteiger partial charge in [0.2, 0.25) is 0 Å². The molecule has 1 unspecified atom stereocenters. The van der Waals surface area contributed by atoms with Crippen molar-refractivity contribution in [3.63, 3.8) is 0 Å². The van der Waals surface area contributed by atoms with Crippen LogP contribution in [0.5, 0.6) is 0 Å². The van der Waals surface area contributed by atoms with Crippen LogP contribution in [0.4, 0.5) is 4.39 Å². The van der Waals surface area contributed by atoms with Crippen LogP contribution in [0.1, 0.15) is 16.0 Å². The summed E-state index contributed by atoms with van der Waals surface area (Å²) < 4.78 is 14.3. The van der Waals surface area contributed by atoms with Crippen molar-refractivity contribution in [2.24, 2.45) is 0 Å². The molecule has 0 saturated carbocycles. The van der Waals surface area contributed by atoms with E-state index < -0.39 is 0 Å². The largest absolute Gasteiger partial charge is 0.207 e. The lowest BCUT2D eigenvalue weighted by Crippen LogP contribution is -1.96. The van der Waals surface area contributed by atoms with Crippen LogP contribution in [0.3, 0.4) is 0 Å². The summed E-state index contributed by atoms with van der Waals surface area (Å²) in [6, 6.07) is 16.7. The van der Waals surface area contributed by atoms with E-state index in [1.807, 2.05) is 24.3 Å². The molecule has 0 aromatic heterocycles. The minimum absolute atomic E-state index is 0.0939. The summed E-state index contributed by atoms with van der Waals surface area (Å²) in [6.45, 7) is 0. The normalized spacial score (nSPS) is 12.6. The zero-order valence-electron chi connectivity index (χ0n) is 10.8. The van der Waals surface area contributed by atoms with Crippen molar-refractivity contribution in [1.82, 2.24) is 0 Å². The third-order valence-corrected chi connectivity index (χ3v) is 5.42. The molecule has 0 aliphatic rings. The number of rotatable bonds is 2. The number of halogens is 4. The van der Waals surface area contributed by atoms with Gasteiger partial charge in [0.25, 0.3) is 0 Å². The lowest BCUT2D eigenvalue weighted by Gasteiger charge is -2.16. The number of benzene rings is 3. The Morgan fingerprint density at radius 3 is 2.29 bits per heavy atom. The van der Waals surface area contributed by atoms with E-state index >= 15 is 0 Å². The molecule has 0 heterocycles. The predicted octanol–water partition coefficient (Wildman–Crippen LogP) is 6.88. The Hall–Kier alpha value is -0.900. The van der Waals surface area contributed by atoms with Crippen LogP contribution in [-0.4, -0.2) is 0 Å². The number of hydrogen-bond acceptors (Lipinski definition) is 0. The first-order valence-corrected chi connectivity index (χ1v) is 8.43. The average Bonchev–Trinajstić information content (AvgIpc) is 2.47. The van der Waals surface area contributed by atoms with Gasteiger partial charge in [-0.25, -0.2) is 4.39 Å². The lowest BCUT2D eigenvalue weighted by atomic mass is 9.98. The Bertz CT molecular complexity index is 817. The summed E-state index contributed by atoms with van der Waals surface area (Å²) in [5.41, 5.74) is 1.95. The van der Waals surface area contributed by atoms with Gasteiger partial charge in [0.1, 0.15) is 5.82 Å². The summed E-state index contributed by atoms with van der Waals surface area (Å²) in [7, 11) is 0. The van der Waals surface area contributed by atoms with Gasteiger partial charge in [0.05, 0.1) is 4.83 Å². The Kier molecular flexibility index (Phi) is 4.34. The van der Waals surface area contributed by atoms with Crippen molar-refractivity contribution in [3.8, 4) is 0 Å². The Morgan fingerprint density at radius 2 is 1.57 bits per heavy atom. The maximum absolute atomic E-state index is 13.2. The molecule has 0 N–H and O–H groups in total. The summed E-state index contributed by atoms with van der Waals surface area (Å²) in [4.78, 5) is -0.0939. The highest BCUT2D eigenvalue weighted by molar-refractivity contribution is 9.10. The van der Waals surface area contributed by atoms with Crippen LogP contribution in [-0.2, 0) is 0 Å². The second kappa shape index (κ2) is 6.07. The standard InChI is InChI=1S/C17H10Br2ClF/c18-15-8-7-13(11-3-1-2-4-12(11)15)17(19)14-6-5-10(21)9-16(14)20/h1-9,17H. The van der Waals surface area contributed by atoms with Crippen molar-refractivity contribution in [1.29, 1.82) is 0 Å². The fourth-order valence-electron chi connectivity index (χ4n) is 2.38. The van der Waals surface area contributed by atoms with E-state index in [-0.39, 0.29) is 10.6 Å². The second-order valence-electron chi connectivity index (χ2n) is 4.71. The molecule has 0 spiro atoms. The van der Waals surface area contributed by atoms with Gasteiger partial charge in [-0.15, -0.1) is 0 Å². The molecule has 0 nitrogen and oxygen atoms in total. The topological polar surface area (TPSA) is 0 Å². The molecule has 0 radical (unpaired) electrons. The highest BCUT2D eigenvalue weighted by Crippen LogP contribution is 2.40. The molecule has 0 aliphatic carbocycles. The van der Waals surface area contributed by atoms with Gasteiger partial charge in [-0.1, -0.05) is 79.9 Å². The van der Waals surface area contributed by atoms with E-state index in [9.17, 15) is 4.39 Å². The first-order valence-electron chi connectivity index (χ1n) is 6.34. The van der Waals surface area contributed by atoms with Gasteiger partial charge in [-0.3, -0.25) is 0 Å². The van der Waals surface area contributed by atoms with Crippen molar-refractivity contribution >= 4 is 54.2 Å². The number of alkyl halides is 1. The highest BCUT2D eigenvalue weighted by atomic mass is 79.9. The fraction of sp³-hybridized carbons (Fsp3) is 0.0588. The van der Waals surface area contributed by atoms with Gasteiger partial charge < -0.3 is 0 Å². The molecule has 106 valence electrons. The summed E-state index contributed by atoms with van der Waals surface area (Å²) in [5, 5.41) is 2.69. The highest BCUT2D eigenvalue weighted by Gasteiger charge is 2.17. The number of hydrogen-bond donors (Lipinski definition) is 0. The van der Waals surface area contributed by atoms with E-state index in [4.69, 9.17) is 11.6 Å². The average molecular weight is 429 g/mol.